The molecule has 10 heteroatoms. The highest BCUT2D eigenvalue weighted by Crippen LogP contribution is 2.57. The summed E-state index contributed by atoms with van der Waals surface area (Å²) in [5.74, 6) is 1.22. The van der Waals surface area contributed by atoms with E-state index in [1.54, 1.807) is 6.07 Å². The third-order valence-corrected chi connectivity index (χ3v) is 9.64. The monoisotopic (exact) mass is 652 g/mol. The van der Waals surface area contributed by atoms with E-state index in [-0.39, 0.29) is 30.4 Å². The number of rotatable bonds is 12. The fourth-order valence-corrected chi connectivity index (χ4v) is 6.55. The number of benzene rings is 3. The molecule has 0 radical (unpaired) electrons. The van der Waals surface area contributed by atoms with Crippen molar-refractivity contribution < 1.29 is 23.9 Å². The van der Waals surface area contributed by atoms with E-state index < -0.39 is 0 Å². The standard InChI is InChI=1S/C37H37ClN4O5/c1-23-31(38)9-4-11-33(23)46-15-5-12-34(43)42-21-27-17-30(27)35-29(8-3-10-32(35)42)28-18-40-41(20-28)19-24-6-2-7-26(16-24)36(44)39-22-47-37(45)25-13-14-25/h2-4,6-11,16,18,20,25,27,30H,5,12-15,17,19,21-22H2,1H3,(H,39,44)/t27-,30-/m0/s1. The van der Waals surface area contributed by atoms with Crippen LogP contribution in [-0.2, 0) is 20.9 Å². The lowest BCUT2D eigenvalue weighted by molar-refractivity contribution is -0.145. The molecule has 1 aromatic heterocycles. The number of ether oxygens (including phenoxy) is 2. The van der Waals surface area contributed by atoms with Gasteiger partial charge in [-0.15, -0.1) is 0 Å². The zero-order chi connectivity index (χ0) is 32.5. The van der Waals surface area contributed by atoms with Crippen LogP contribution >= 0.6 is 11.6 Å². The molecular weight excluding hydrogens is 616 g/mol. The minimum atomic E-state index is -0.297. The molecule has 0 bridgehead atoms. The van der Waals surface area contributed by atoms with Crippen LogP contribution in [0.4, 0.5) is 5.69 Å². The van der Waals surface area contributed by atoms with Crippen molar-refractivity contribution in [2.45, 2.75) is 51.5 Å². The number of nitrogens with zero attached hydrogens (tertiary/aromatic N) is 3. The van der Waals surface area contributed by atoms with Gasteiger partial charge in [-0.25, -0.2) is 0 Å². The Morgan fingerprint density at radius 3 is 2.74 bits per heavy atom. The Balaban J connectivity index is 0.993. The summed E-state index contributed by atoms with van der Waals surface area (Å²) in [7, 11) is 0. The maximum Gasteiger partial charge on any atom is 0.310 e. The fourth-order valence-electron chi connectivity index (χ4n) is 6.39. The molecule has 2 atom stereocenters. The van der Waals surface area contributed by atoms with Gasteiger partial charge in [-0.3, -0.25) is 19.1 Å². The van der Waals surface area contributed by atoms with E-state index in [9.17, 15) is 14.4 Å². The quantitative estimate of drug-likeness (QED) is 0.106. The van der Waals surface area contributed by atoms with Crippen LogP contribution in [0.1, 0.15) is 65.1 Å². The summed E-state index contributed by atoms with van der Waals surface area (Å²) >= 11 is 6.21. The Bertz CT molecular complexity index is 1830. The van der Waals surface area contributed by atoms with Crippen LogP contribution in [0.5, 0.6) is 5.75 Å². The van der Waals surface area contributed by atoms with E-state index in [1.165, 1.54) is 5.56 Å². The van der Waals surface area contributed by atoms with Gasteiger partial charge in [0.05, 0.1) is 25.3 Å². The number of aromatic nitrogens is 2. The van der Waals surface area contributed by atoms with Gasteiger partial charge in [-0.1, -0.05) is 41.9 Å². The minimum absolute atomic E-state index is 0.00998. The molecule has 1 N–H and O–H groups in total. The molecule has 2 heterocycles. The molecule has 47 heavy (non-hydrogen) atoms. The number of hydrogen-bond acceptors (Lipinski definition) is 6. The molecule has 0 spiro atoms. The zero-order valence-corrected chi connectivity index (χ0v) is 27.0. The molecule has 2 saturated carbocycles. The van der Waals surface area contributed by atoms with Crippen molar-refractivity contribution in [3.8, 4) is 16.9 Å². The third kappa shape index (κ3) is 6.90. The van der Waals surface area contributed by atoms with Crippen LogP contribution in [0.3, 0.4) is 0 Å². The van der Waals surface area contributed by atoms with Gasteiger partial charge in [-0.05, 0) is 91.5 Å². The maximum absolute atomic E-state index is 13.5. The van der Waals surface area contributed by atoms with Crippen molar-refractivity contribution in [3.63, 3.8) is 0 Å². The first-order chi connectivity index (χ1) is 22.9. The molecule has 2 fully saturated rings. The second kappa shape index (κ2) is 13.2. The average Bonchev–Trinajstić information content (AvgIpc) is 4.01. The van der Waals surface area contributed by atoms with Gasteiger partial charge in [0.2, 0.25) is 5.91 Å². The molecule has 0 unspecified atom stereocenters. The fraction of sp³-hybridized carbons (Fsp3) is 0.351. The van der Waals surface area contributed by atoms with Crippen LogP contribution in [-0.4, -0.2) is 47.4 Å². The lowest BCUT2D eigenvalue weighted by Crippen LogP contribution is -2.36. The SMILES string of the molecule is Cc1c(Cl)cccc1OCCCC(=O)N1C[C@@H]2C[C@@H]2c2c(-c3cnn(Cc4cccc(C(=O)NCOC(=O)C5CC5)c4)c3)cccc21. The number of amides is 2. The van der Waals surface area contributed by atoms with Gasteiger partial charge in [0.25, 0.3) is 5.91 Å². The first kappa shape index (κ1) is 31.0. The van der Waals surface area contributed by atoms with Crippen LogP contribution in [0.2, 0.25) is 5.02 Å². The highest BCUT2D eigenvalue weighted by atomic mass is 35.5. The summed E-state index contributed by atoms with van der Waals surface area (Å²) in [4.78, 5) is 39.8. The Morgan fingerprint density at radius 2 is 1.89 bits per heavy atom. The molecule has 1 aliphatic heterocycles. The van der Waals surface area contributed by atoms with Crippen molar-refractivity contribution in [2.75, 3.05) is 24.8 Å². The molecule has 3 aromatic carbocycles. The first-order valence-corrected chi connectivity index (χ1v) is 16.6. The van der Waals surface area contributed by atoms with Gasteiger partial charge in [0.1, 0.15) is 5.75 Å². The summed E-state index contributed by atoms with van der Waals surface area (Å²) in [6.07, 6.45) is 7.71. The predicted octanol–water partition coefficient (Wildman–Crippen LogP) is 6.51. The number of carbonyl (C=O) groups is 3. The predicted molar refractivity (Wildman–Crippen MR) is 178 cm³/mol. The van der Waals surface area contributed by atoms with Crippen LogP contribution in [0.15, 0.2) is 73.1 Å². The van der Waals surface area contributed by atoms with Gasteiger partial charge in [0.15, 0.2) is 6.73 Å². The van der Waals surface area contributed by atoms with Crippen molar-refractivity contribution in [1.29, 1.82) is 0 Å². The molecule has 2 aliphatic carbocycles. The van der Waals surface area contributed by atoms with Crippen LogP contribution in [0, 0.1) is 18.8 Å². The molecule has 9 nitrogen and oxygen atoms in total. The van der Waals surface area contributed by atoms with E-state index in [0.29, 0.717) is 48.4 Å². The van der Waals surface area contributed by atoms with Gasteiger partial charge < -0.3 is 19.7 Å². The van der Waals surface area contributed by atoms with Crippen molar-refractivity contribution in [2.24, 2.45) is 11.8 Å². The molecule has 2 amide bonds. The summed E-state index contributed by atoms with van der Waals surface area (Å²) in [6.45, 7) is 3.48. The molecular formula is C37H37ClN4O5. The molecule has 7 rings (SSSR count). The Hall–Kier alpha value is -4.63. The van der Waals surface area contributed by atoms with E-state index in [1.807, 2.05) is 71.4 Å². The van der Waals surface area contributed by atoms with Crippen LogP contribution in [0.25, 0.3) is 11.1 Å². The van der Waals surface area contributed by atoms with Gasteiger partial charge in [0, 0.05) is 46.6 Å². The number of carbonyl (C=O) groups excluding carboxylic acids is 3. The maximum atomic E-state index is 13.5. The number of fused-ring (bicyclic) bond motifs is 3. The second-order valence-electron chi connectivity index (χ2n) is 12.7. The smallest absolute Gasteiger partial charge is 0.310 e. The third-order valence-electron chi connectivity index (χ3n) is 9.23. The average molecular weight is 653 g/mol. The van der Waals surface area contributed by atoms with Gasteiger partial charge >= 0.3 is 5.97 Å². The summed E-state index contributed by atoms with van der Waals surface area (Å²) in [5, 5.41) is 7.97. The molecule has 3 aliphatic rings. The second-order valence-corrected chi connectivity index (χ2v) is 13.1. The lowest BCUT2D eigenvalue weighted by atomic mass is 9.92. The number of hydrogen-bond donors (Lipinski definition) is 1. The minimum Gasteiger partial charge on any atom is -0.493 e. The van der Waals surface area contributed by atoms with Crippen LogP contribution < -0.4 is 15.0 Å². The first-order valence-electron chi connectivity index (χ1n) is 16.2. The Labute approximate surface area is 278 Å². The Morgan fingerprint density at radius 1 is 1.06 bits per heavy atom. The Kier molecular flexibility index (Phi) is 8.73. The van der Waals surface area contributed by atoms with Crippen molar-refractivity contribution >= 4 is 35.1 Å². The van der Waals surface area contributed by atoms with Crippen molar-refractivity contribution in [1.82, 2.24) is 15.1 Å². The molecule has 4 aromatic rings. The summed E-state index contributed by atoms with van der Waals surface area (Å²) in [5.41, 5.74) is 6.64. The van der Waals surface area contributed by atoms with E-state index in [4.69, 9.17) is 21.1 Å². The highest BCUT2D eigenvalue weighted by molar-refractivity contribution is 6.31. The molecule has 0 saturated heterocycles. The zero-order valence-electron chi connectivity index (χ0n) is 26.3. The van der Waals surface area contributed by atoms with Crippen molar-refractivity contribution in [3.05, 3.63) is 100 Å². The number of esters is 1. The topological polar surface area (TPSA) is 103 Å². The number of nitrogens with one attached hydrogen (secondary N) is 1. The lowest BCUT2D eigenvalue weighted by Gasteiger charge is -2.30. The van der Waals surface area contributed by atoms with E-state index >= 15 is 0 Å². The van der Waals surface area contributed by atoms with E-state index in [0.717, 1.165) is 59.5 Å². The van der Waals surface area contributed by atoms with Gasteiger partial charge in [-0.2, -0.15) is 5.10 Å². The number of halogens is 1. The largest absolute Gasteiger partial charge is 0.493 e. The van der Waals surface area contributed by atoms with E-state index in [2.05, 4.69) is 22.5 Å². The summed E-state index contributed by atoms with van der Waals surface area (Å²) < 4.78 is 12.9. The molecule has 242 valence electrons. The normalized spacial score (nSPS) is 17.8. The highest BCUT2D eigenvalue weighted by Gasteiger charge is 2.47. The number of anilines is 1. The summed E-state index contributed by atoms with van der Waals surface area (Å²) in [6, 6.07) is 19.1.